The van der Waals surface area contributed by atoms with Gasteiger partial charge in [-0.1, -0.05) is 54.2 Å². The number of hydrogen-bond acceptors (Lipinski definition) is 7. The van der Waals surface area contributed by atoms with Gasteiger partial charge in [0.15, 0.2) is 16.6 Å². The van der Waals surface area contributed by atoms with Crippen molar-refractivity contribution >= 4 is 44.1 Å². The number of nitrogens with zero attached hydrogens (tertiary/aromatic N) is 2. The van der Waals surface area contributed by atoms with Crippen LogP contribution in [0.15, 0.2) is 66.2 Å². The summed E-state index contributed by atoms with van der Waals surface area (Å²) < 4.78 is 12.2. The molecule has 0 saturated carbocycles. The first-order chi connectivity index (χ1) is 17.9. The van der Waals surface area contributed by atoms with E-state index in [1.54, 1.807) is 18.2 Å². The van der Waals surface area contributed by atoms with Gasteiger partial charge in [0, 0.05) is 5.56 Å². The lowest BCUT2D eigenvalue weighted by Crippen LogP contribution is -2.29. The van der Waals surface area contributed by atoms with Crippen LogP contribution in [-0.2, 0) is 16.0 Å². The highest BCUT2D eigenvalue weighted by atomic mass is 32.1. The van der Waals surface area contributed by atoms with Gasteiger partial charge in [-0.05, 0) is 54.8 Å². The number of hydrogen-bond donors (Lipinski definition) is 1. The van der Waals surface area contributed by atoms with Crippen molar-refractivity contribution in [1.82, 2.24) is 4.98 Å². The smallest absolute Gasteiger partial charge is 0.301 e. The molecule has 7 nitrogen and oxygen atoms in total. The number of rotatable bonds is 4. The number of ether oxygens (including phenoxy) is 2. The van der Waals surface area contributed by atoms with E-state index in [0.717, 1.165) is 22.2 Å². The zero-order valence-corrected chi connectivity index (χ0v) is 21.2. The topological polar surface area (TPSA) is 89.0 Å². The average Bonchev–Trinajstić information content (AvgIpc) is 3.45. The van der Waals surface area contributed by atoms with E-state index in [1.165, 1.54) is 21.8 Å². The van der Waals surface area contributed by atoms with Crippen molar-refractivity contribution < 1.29 is 24.2 Å². The fourth-order valence-electron chi connectivity index (χ4n) is 4.81. The molecule has 37 heavy (non-hydrogen) atoms. The van der Waals surface area contributed by atoms with Gasteiger partial charge in [-0.25, -0.2) is 4.98 Å². The highest BCUT2D eigenvalue weighted by Gasteiger charge is 2.48. The van der Waals surface area contributed by atoms with Crippen molar-refractivity contribution in [2.75, 3.05) is 18.1 Å². The minimum Gasteiger partial charge on any atom is -0.507 e. The fourth-order valence-corrected chi connectivity index (χ4v) is 5.87. The summed E-state index contributed by atoms with van der Waals surface area (Å²) >= 11 is 1.36. The maximum atomic E-state index is 13.5. The highest BCUT2D eigenvalue weighted by molar-refractivity contribution is 7.22. The lowest BCUT2D eigenvalue weighted by molar-refractivity contribution is -0.132. The van der Waals surface area contributed by atoms with Gasteiger partial charge in [-0.2, -0.15) is 0 Å². The largest absolute Gasteiger partial charge is 0.507 e. The Balaban J connectivity index is 1.53. The van der Waals surface area contributed by atoms with Gasteiger partial charge in [0.25, 0.3) is 5.78 Å². The molecule has 6 rings (SSSR count). The van der Waals surface area contributed by atoms with E-state index in [4.69, 9.17) is 14.5 Å². The van der Waals surface area contributed by atoms with E-state index < -0.39 is 17.7 Å². The molecule has 0 spiro atoms. The van der Waals surface area contributed by atoms with Gasteiger partial charge in [-0.3, -0.25) is 14.5 Å². The molecule has 0 radical (unpaired) electrons. The van der Waals surface area contributed by atoms with Crippen LogP contribution in [-0.4, -0.2) is 35.0 Å². The van der Waals surface area contributed by atoms with Gasteiger partial charge >= 0.3 is 5.91 Å². The zero-order chi connectivity index (χ0) is 25.7. The fraction of sp³-hybridized carbons (Fsp3) is 0.207. The van der Waals surface area contributed by atoms with E-state index in [9.17, 15) is 14.7 Å². The molecule has 1 unspecified atom stereocenters. The lowest BCUT2D eigenvalue weighted by Gasteiger charge is -2.23. The molecule has 1 fully saturated rings. The first-order valence-electron chi connectivity index (χ1n) is 12.1. The molecule has 0 aliphatic carbocycles. The maximum Gasteiger partial charge on any atom is 0.301 e. The molecule has 1 N–H and O–H groups in total. The van der Waals surface area contributed by atoms with Crippen LogP contribution in [0.5, 0.6) is 11.5 Å². The molecule has 186 valence electrons. The average molecular weight is 513 g/mol. The third-order valence-corrected chi connectivity index (χ3v) is 7.69. The second-order valence-electron chi connectivity index (χ2n) is 9.09. The number of aryl methyl sites for hydroxylation is 2. The number of fused-ring (bicyclic) bond motifs is 2. The molecule has 3 heterocycles. The van der Waals surface area contributed by atoms with E-state index in [1.807, 2.05) is 43.3 Å². The van der Waals surface area contributed by atoms with E-state index >= 15 is 0 Å². The molecule has 2 aliphatic rings. The third-order valence-electron chi connectivity index (χ3n) is 6.67. The standard InChI is InChI=1S/C29H24N2O5S/c1-3-17-7-9-20-23(14-17)37-29(30-20)31-25(18-6-4-5-16(2)13-18)24(27(33)28(31)34)26(32)19-8-10-21-22(15-19)36-12-11-35-21/h4-10,13-15,25,32H,3,11-12H2,1-2H3/b26-24+. The van der Waals surface area contributed by atoms with Crippen molar-refractivity contribution in [3.8, 4) is 11.5 Å². The SMILES string of the molecule is CCc1ccc2nc(N3C(=O)C(=O)/C(=C(/O)c4ccc5c(c4)OCCO5)C3c3cccc(C)c3)sc2c1. The molecule has 1 saturated heterocycles. The summed E-state index contributed by atoms with van der Waals surface area (Å²) in [6.45, 7) is 4.86. The number of aromatic nitrogens is 1. The Morgan fingerprint density at radius 2 is 1.86 bits per heavy atom. The molecule has 2 aliphatic heterocycles. The zero-order valence-electron chi connectivity index (χ0n) is 20.4. The number of benzene rings is 3. The Kier molecular flexibility index (Phi) is 5.68. The predicted octanol–water partition coefficient (Wildman–Crippen LogP) is 5.56. The first kappa shape index (κ1) is 23.2. The molecule has 4 aromatic rings. The number of ketones is 1. The number of thiazole rings is 1. The third kappa shape index (κ3) is 3.94. The molecule has 0 bridgehead atoms. The van der Waals surface area contributed by atoms with Crippen molar-refractivity contribution in [3.63, 3.8) is 0 Å². The van der Waals surface area contributed by atoms with E-state index in [2.05, 4.69) is 13.0 Å². The number of carbonyl (C=O) groups is 2. The molecule has 1 amide bonds. The first-order valence-corrected chi connectivity index (χ1v) is 12.9. The van der Waals surface area contributed by atoms with Crippen LogP contribution < -0.4 is 14.4 Å². The van der Waals surface area contributed by atoms with Crippen LogP contribution in [0.25, 0.3) is 16.0 Å². The van der Waals surface area contributed by atoms with Crippen LogP contribution in [0.4, 0.5) is 5.13 Å². The summed E-state index contributed by atoms with van der Waals surface area (Å²) in [5, 5.41) is 11.9. The lowest BCUT2D eigenvalue weighted by atomic mass is 9.94. The maximum absolute atomic E-state index is 13.5. The Labute approximate surface area is 217 Å². The normalized spacial score (nSPS) is 18.5. The van der Waals surface area contributed by atoms with Crippen molar-refractivity contribution in [1.29, 1.82) is 0 Å². The number of carbonyl (C=O) groups excluding carboxylic acids is 2. The minimum atomic E-state index is -0.834. The van der Waals surface area contributed by atoms with E-state index in [0.29, 0.717) is 41.0 Å². The molecule has 1 aromatic heterocycles. The van der Waals surface area contributed by atoms with Crippen LogP contribution >= 0.6 is 11.3 Å². The summed E-state index contributed by atoms with van der Waals surface area (Å²) in [6, 6.07) is 17.8. The quantitative estimate of drug-likeness (QED) is 0.219. The number of Topliss-reactive ketones (excluding diaryl/α,β-unsaturated/α-hetero) is 1. The minimum absolute atomic E-state index is 0.0146. The van der Waals surface area contributed by atoms with Crippen LogP contribution in [0.2, 0.25) is 0 Å². The second-order valence-corrected chi connectivity index (χ2v) is 10.1. The number of aliphatic hydroxyl groups is 1. The van der Waals surface area contributed by atoms with Gasteiger partial charge in [-0.15, -0.1) is 0 Å². The number of aliphatic hydroxyl groups excluding tert-OH is 1. The number of amides is 1. The Morgan fingerprint density at radius 3 is 2.65 bits per heavy atom. The number of anilines is 1. The molecule has 3 aromatic carbocycles. The van der Waals surface area contributed by atoms with E-state index in [-0.39, 0.29) is 11.3 Å². The van der Waals surface area contributed by atoms with Crippen molar-refractivity contribution in [3.05, 3.63) is 88.5 Å². The summed E-state index contributed by atoms with van der Waals surface area (Å²) in [7, 11) is 0. The second kappa shape index (κ2) is 9.05. The summed E-state index contributed by atoms with van der Waals surface area (Å²) in [4.78, 5) is 33.1. The molecule has 8 heteroatoms. The summed E-state index contributed by atoms with van der Waals surface area (Å²) in [5.74, 6) is -0.694. The predicted molar refractivity (Wildman–Crippen MR) is 142 cm³/mol. The molecular formula is C29H24N2O5S. The van der Waals surface area contributed by atoms with Crippen LogP contribution in [0.1, 0.15) is 35.2 Å². The Bertz CT molecular complexity index is 1610. The van der Waals surface area contributed by atoms with Gasteiger partial charge in [0.2, 0.25) is 0 Å². The molecule has 1 atom stereocenters. The Morgan fingerprint density at radius 1 is 1.05 bits per heavy atom. The van der Waals surface area contributed by atoms with Gasteiger partial charge < -0.3 is 14.6 Å². The monoisotopic (exact) mass is 512 g/mol. The Hall–Kier alpha value is -4.17. The summed E-state index contributed by atoms with van der Waals surface area (Å²) in [6.07, 6.45) is 0.881. The van der Waals surface area contributed by atoms with Gasteiger partial charge in [0.1, 0.15) is 19.0 Å². The summed E-state index contributed by atoms with van der Waals surface area (Å²) in [5.41, 5.74) is 4.00. The van der Waals surface area contributed by atoms with Gasteiger partial charge in [0.05, 0.1) is 21.8 Å². The highest BCUT2D eigenvalue weighted by Crippen LogP contribution is 2.45. The van der Waals surface area contributed by atoms with Crippen molar-refractivity contribution in [2.45, 2.75) is 26.3 Å². The van der Waals surface area contributed by atoms with Crippen LogP contribution in [0, 0.1) is 6.92 Å². The van der Waals surface area contributed by atoms with Crippen molar-refractivity contribution in [2.24, 2.45) is 0 Å². The molecular weight excluding hydrogens is 488 g/mol. The van der Waals surface area contributed by atoms with Crippen LogP contribution in [0.3, 0.4) is 0 Å².